The highest BCUT2D eigenvalue weighted by molar-refractivity contribution is 6.35. The number of hydrogen-bond acceptors (Lipinski definition) is 5. The minimum absolute atomic E-state index is 0.270. The number of nitrogens with one attached hydrogen (secondary N) is 2. The summed E-state index contributed by atoms with van der Waals surface area (Å²) in [5.41, 5.74) is 9.49. The standard InChI is InChI=1S/C26H22Cl2N6O2/c1-3-16(26(36)34-11-15-7-20-22(28)13-33-25(20)32-10-15)9-19(30-2)5-14-4-17-8-18(27)12-31-23(17)21(6-14)24(29)35/h3-4,6-10,12-13H,2,5,11H2,1H3,(H2,29,35)(H,32,33)(H,34,36)/b16-3+,19-9-. The van der Waals surface area contributed by atoms with Gasteiger partial charge < -0.3 is 16.0 Å². The van der Waals surface area contributed by atoms with E-state index in [1.54, 1.807) is 43.6 Å². The summed E-state index contributed by atoms with van der Waals surface area (Å²) in [6.45, 7) is 5.67. The van der Waals surface area contributed by atoms with Crippen LogP contribution in [0.25, 0.3) is 21.9 Å². The lowest BCUT2D eigenvalue weighted by Crippen LogP contribution is -2.24. The van der Waals surface area contributed by atoms with Crippen LogP contribution in [0.1, 0.15) is 28.4 Å². The normalized spacial score (nSPS) is 12.2. The molecular weight excluding hydrogens is 499 g/mol. The van der Waals surface area contributed by atoms with Gasteiger partial charge in [-0.1, -0.05) is 29.3 Å². The van der Waals surface area contributed by atoms with Gasteiger partial charge in [0.05, 0.1) is 21.1 Å². The lowest BCUT2D eigenvalue weighted by atomic mass is 10.0. The van der Waals surface area contributed by atoms with E-state index in [-0.39, 0.29) is 18.0 Å². The molecule has 0 bridgehead atoms. The van der Waals surface area contributed by atoms with Crippen LogP contribution in [0, 0.1) is 0 Å². The van der Waals surface area contributed by atoms with Crippen LogP contribution in [0.3, 0.4) is 0 Å². The SMILES string of the molecule is C=N/C(=C\C(=C/C)C(=O)NCc1cnc2[nH]cc(Cl)c2c1)Cc1cc(C(N)=O)c2ncc(Cl)cc2c1. The van der Waals surface area contributed by atoms with E-state index in [4.69, 9.17) is 28.9 Å². The summed E-state index contributed by atoms with van der Waals surface area (Å²) >= 11 is 12.2. The molecule has 0 saturated heterocycles. The van der Waals surface area contributed by atoms with Gasteiger partial charge in [0.15, 0.2) is 0 Å². The zero-order valence-corrected chi connectivity index (χ0v) is 20.8. The number of aliphatic imine (C=N–C) groups is 1. The number of aromatic amines is 1. The van der Waals surface area contributed by atoms with Gasteiger partial charge in [-0.05, 0) is 55.1 Å². The first-order chi connectivity index (χ1) is 17.3. The number of hydrogen-bond donors (Lipinski definition) is 3. The Morgan fingerprint density at radius 3 is 2.69 bits per heavy atom. The maximum Gasteiger partial charge on any atom is 0.251 e. The Hall–Kier alpha value is -4.01. The monoisotopic (exact) mass is 520 g/mol. The molecule has 0 aliphatic heterocycles. The summed E-state index contributed by atoms with van der Waals surface area (Å²) in [7, 11) is 0. The van der Waals surface area contributed by atoms with Crippen LogP contribution in [-0.4, -0.2) is 33.5 Å². The molecule has 0 aliphatic rings. The van der Waals surface area contributed by atoms with Crippen LogP contribution in [0.15, 0.2) is 71.3 Å². The van der Waals surface area contributed by atoms with Gasteiger partial charge in [0.25, 0.3) is 11.8 Å². The van der Waals surface area contributed by atoms with Crippen LogP contribution >= 0.6 is 23.2 Å². The second kappa shape index (κ2) is 10.7. The van der Waals surface area contributed by atoms with Crippen molar-refractivity contribution in [3.05, 3.63) is 93.0 Å². The predicted octanol–water partition coefficient (Wildman–Crippen LogP) is 4.91. The summed E-state index contributed by atoms with van der Waals surface area (Å²) in [5, 5.41) is 5.35. The third-order valence-corrected chi connectivity index (χ3v) is 6.07. The minimum atomic E-state index is -0.601. The first-order valence-electron chi connectivity index (χ1n) is 10.9. The molecule has 3 aromatic heterocycles. The maximum absolute atomic E-state index is 12.9. The molecule has 0 spiro atoms. The van der Waals surface area contributed by atoms with E-state index < -0.39 is 5.91 Å². The average molecular weight is 521 g/mol. The lowest BCUT2D eigenvalue weighted by Gasteiger charge is -2.10. The predicted molar refractivity (Wildman–Crippen MR) is 143 cm³/mol. The van der Waals surface area contributed by atoms with E-state index in [1.807, 2.05) is 12.1 Å². The van der Waals surface area contributed by atoms with Crippen LogP contribution in [-0.2, 0) is 17.8 Å². The number of carbonyl (C=O) groups excluding carboxylic acids is 2. The molecule has 0 unspecified atom stereocenters. The van der Waals surface area contributed by atoms with Gasteiger partial charge >= 0.3 is 0 Å². The number of amides is 2. The van der Waals surface area contributed by atoms with Gasteiger partial charge in [-0.25, -0.2) is 4.98 Å². The Bertz CT molecular complexity index is 1570. The van der Waals surface area contributed by atoms with Gasteiger partial charge in [0, 0.05) is 53.6 Å². The molecule has 4 rings (SSSR count). The third kappa shape index (κ3) is 5.45. The fourth-order valence-electron chi connectivity index (χ4n) is 3.79. The highest BCUT2D eigenvalue weighted by Gasteiger charge is 2.13. The van der Waals surface area contributed by atoms with E-state index in [0.29, 0.717) is 44.3 Å². The Morgan fingerprint density at radius 2 is 1.97 bits per heavy atom. The summed E-state index contributed by atoms with van der Waals surface area (Å²) < 4.78 is 0. The zero-order chi connectivity index (χ0) is 25.8. The van der Waals surface area contributed by atoms with Gasteiger partial charge in [-0.15, -0.1) is 0 Å². The number of pyridine rings is 2. The number of benzene rings is 1. The number of nitrogens with zero attached hydrogens (tertiary/aromatic N) is 3. The second-order valence-electron chi connectivity index (χ2n) is 8.01. The minimum Gasteiger partial charge on any atom is -0.366 e. The number of carbonyl (C=O) groups is 2. The first kappa shape index (κ1) is 25.1. The van der Waals surface area contributed by atoms with E-state index in [1.165, 1.54) is 6.20 Å². The van der Waals surface area contributed by atoms with E-state index in [2.05, 4.69) is 32.0 Å². The largest absolute Gasteiger partial charge is 0.366 e. The van der Waals surface area contributed by atoms with Crippen molar-refractivity contribution in [3.8, 4) is 0 Å². The van der Waals surface area contributed by atoms with Crippen molar-refractivity contribution in [2.45, 2.75) is 19.9 Å². The lowest BCUT2D eigenvalue weighted by molar-refractivity contribution is -0.117. The molecule has 4 aromatic rings. The third-order valence-electron chi connectivity index (χ3n) is 5.55. The van der Waals surface area contributed by atoms with Crippen molar-refractivity contribution in [2.75, 3.05) is 0 Å². The summed E-state index contributed by atoms with van der Waals surface area (Å²) in [5.74, 6) is -0.887. The Balaban J connectivity index is 1.53. The maximum atomic E-state index is 12.9. The molecule has 8 nitrogen and oxygen atoms in total. The molecule has 4 N–H and O–H groups in total. The Labute approximate surface area is 216 Å². The van der Waals surface area contributed by atoms with Crippen molar-refractivity contribution in [3.63, 3.8) is 0 Å². The molecule has 182 valence electrons. The summed E-state index contributed by atoms with van der Waals surface area (Å²) in [6.07, 6.45) is 8.45. The molecule has 0 saturated carbocycles. The van der Waals surface area contributed by atoms with Crippen LogP contribution in [0.2, 0.25) is 10.0 Å². The topological polar surface area (TPSA) is 126 Å². The summed E-state index contributed by atoms with van der Waals surface area (Å²) in [6, 6.07) is 7.10. The van der Waals surface area contributed by atoms with Gasteiger partial charge in [0.1, 0.15) is 5.65 Å². The fraction of sp³-hybridized carbons (Fsp3) is 0.115. The Morgan fingerprint density at radius 1 is 1.17 bits per heavy atom. The second-order valence-corrected chi connectivity index (χ2v) is 8.85. The van der Waals surface area contributed by atoms with Crippen molar-refractivity contribution in [2.24, 2.45) is 10.7 Å². The number of aromatic nitrogens is 3. The molecule has 0 fully saturated rings. The molecule has 10 heteroatoms. The highest BCUT2D eigenvalue weighted by atomic mass is 35.5. The van der Waals surface area contributed by atoms with Gasteiger partial charge in [-0.2, -0.15) is 0 Å². The number of H-pyrrole nitrogens is 1. The molecule has 0 aliphatic carbocycles. The molecule has 0 radical (unpaired) electrons. The number of fused-ring (bicyclic) bond motifs is 2. The smallest absolute Gasteiger partial charge is 0.251 e. The molecule has 3 heterocycles. The molecule has 2 amide bonds. The molecule has 0 atom stereocenters. The average Bonchev–Trinajstić information content (AvgIpc) is 3.24. The zero-order valence-electron chi connectivity index (χ0n) is 19.3. The van der Waals surface area contributed by atoms with E-state index in [9.17, 15) is 9.59 Å². The Kier molecular flexibility index (Phi) is 7.47. The molecule has 36 heavy (non-hydrogen) atoms. The highest BCUT2D eigenvalue weighted by Crippen LogP contribution is 2.25. The van der Waals surface area contributed by atoms with Crippen LogP contribution < -0.4 is 11.1 Å². The molecular formula is C26H22Cl2N6O2. The first-order valence-corrected chi connectivity index (χ1v) is 11.7. The quantitative estimate of drug-likeness (QED) is 0.173. The number of nitrogens with two attached hydrogens (primary N) is 1. The fourth-order valence-corrected chi connectivity index (χ4v) is 4.16. The van der Waals surface area contributed by atoms with E-state index >= 15 is 0 Å². The number of primary amides is 1. The van der Waals surface area contributed by atoms with Crippen LogP contribution in [0.5, 0.6) is 0 Å². The van der Waals surface area contributed by atoms with Crippen molar-refractivity contribution < 1.29 is 9.59 Å². The molecule has 1 aromatic carbocycles. The number of rotatable bonds is 8. The van der Waals surface area contributed by atoms with Crippen molar-refractivity contribution >= 4 is 63.7 Å². The van der Waals surface area contributed by atoms with Crippen molar-refractivity contribution in [1.82, 2.24) is 20.3 Å². The van der Waals surface area contributed by atoms with E-state index in [0.717, 1.165) is 16.5 Å². The van der Waals surface area contributed by atoms with Crippen LogP contribution in [0.4, 0.5) is 0 Å². The summed E-state index contributed by atoms with van der Waals surface area (Å²) in [4.78, 5) is 40.5. The van der Waals surface area contributed by atoms with Gasteiger partial charge in [0.2, 0.25) is 0 Å². The van der Waals surface area contributed by atoms with Gasteiger partial charge in [-0.3, -0.25) is 19.6 Å². The number of halogens is 2. The van der Waals surface area contributed by atoms with Crippen molar-refractivity contribution in [1.29, 1.82) is 0 Å². The number of allylic oxidation sites excluding steroid dienone is 2.